The van der Waals surface area contributed by atoms with Crippen molar-refractivity contribution in [1.29, 1.82) is 0 Å². The molecule has 0 saturated heterocycles. The number of aromatic nitrogens is 3. The predicted molar refractivity (Wildman–Crippen MR) is 141 cm³/mol. The van der Waals surface area contributed by atoms with Gasteiger partial charge in [0.25, 0.3) is 5.56 Å². The van der Waals surface area contributed by atoms with Gasteiger partial charge in [-0.3, -0.25) is 9.36 Å². The maximum atomic E-state index is 13.6. The lowest BCUT2D eigenvalue weighted by Gasteiger charge is -2.13. The van der Waals surface area contributed by atoms with Gasteiger partial charge in [-0.25, -0.2) is 17.2 Å². The quantitative estimate of drug-likeness (QED) is 0.342. The zero-order valence-corrected chi connectivity index (χ0v) is 20.9. The smallest absolute Gasteiger partial charge is 0.261 e. The first-order valence-electron chi connectivity index (χ1n) is 12.0. The maximum Gasteiger partial charge on any atom is 0.261 e. The Kier molecular flexibility index (Phi) is 5.31. The lowest BCUT2D eigenvalue weighted by atomic mass is 10.0. The van der Waals surface area contributed by atoms with Crippen molar-refractivity contribution < 1.29 is 8.42 Å². The van der Waals surface area contributed by atoms with Gasteiger partial charge in [-0.05, 0) is 54.2 Å². The van der Waals surface area contributed by atoms with Crippen molar-refractivity contribution >= 4 is 26.6 Å². The van der Waals surface area contributed by atoms with Crippen LogP contribution in [0.4, 0.5) is 0 Å². The summed E-state index contributed by atoms with van der Waals surface area (Å²) in [5.74, 6) is 0.527. The summed E-state index contributed by atoms with van der Waals surface area (Å²) in [7, 11) is -0.533. The molecule has 1 saturated carbocycles. The van der Waals surface area contributed by atoms with E-state index in [2.05, 4.69) is 0 Å². The van der Waals surface area contributed by atoms with Gasteiger partial charge in [-0.15, -0.1) is 0 Å². The van der Waals surface area contributed by atoms with Crippen LogP contribution in [0.25, 0.3) is 38.9 Å². The lowest BCUT2D eigenvalue weighted by molar-refractivity contribution is 0.521. The van der Waals surface area contributed by atoms with Gasteiger partial charge in [0, 0.05) is 32.3 Å². The second kappa shape index (κ2) is 8.43. The van der Waals surface area contributed by atoms with Gasteiger partial charge in [-0.2, -0.15) is 5.10 Å². The Balaban J connectivity index is 1.58. The summed E-state index contributed by atoms with van der Waals surface area (Å²) in [6, 6.07) is 24.4. The molecule has 182 valence electrons. The standard InChI is InChI=1S/C28H26N4O3S/c1-30(2)36(34,35)23-10-6-9-21(15-23)22-13-14-24-26(16-22)32-27(31(28(24)33)18-19-11-12-19)17-25(29-32)20-7-4-3-5-8-20/h3-10,13-17,19H,11-12,18H2,1-2H3. The highest BCUT2D eigenvalue weighted by atomic mass is 32.2. The highest BCUT2D eigenvalue weighted by Crippen LogP contribution is 2.32. The molecule has 7 nitrogen and oxygen atoms in total. The van der Waals surface area contributed by atoms with E-state index in [0.29, 0.717) is 23.4 Å². The Morgan fingerprint density at radius 2 is 1.61 bits per heavy atom. The van der Waals surface area contributed by atoms with Gasteiger partial charge in [0.2, 0.25) is 10.0 Å². The molecule has 6 rings (SSSR count). The van der Waals surface area contributed by atoms with Crippen LogP contribution < -0.4 is 5.56 Å². The summed E-state index contributed by atoms with van der Waals surface area (Å²) in [5.41, 5.74) is 4.79. The molecule has 0 atom stereocenters. The molecule has 1 aliphatic rings. The van der Waals surface area contributed by atoms with Gasteiger partial charge in [0.15, 0.2) is 0 Å². The monoisotopic (exact) mass is 498 g/mol. The molecule has 0 N–H and O–H groups in total. The fraction of sp³-hybridized carbons (Fsp3) is 0.214. The third-order valence-corrected chi connectivity index (χ3v) is 8.63. The van der Waals surface area contributed by atoms with Crippen LogP contribution in [-0.4, -0.2) is 41.0 Å². The van der Waals surface area contributed by atoms with Crippen LogP contribution in [0.15, 0.2) is 88.6 Å². The molecule has 0 amide bonds. The van der Waals surface area contributed by atoms with E-state index in [9.17, 15) is 13.2 Å². The first-order chi connectivity index (χ1) is 17.3. The Bertz CT molecular complexity index is 1780. The summed E-state index contributed by atoms with van der Waals surface area (Å²) < 4.78 is 30.3. The molecule has 0 bridgehead atoms. The SMILES string of the molecule is CN(C)S(=O)(=O)c1cccc(-c2ccc3c(=O)n(CC4CC4)c4cc(-c5ccccc5)nn4c3c2)c1. The highest BCUT2D eigenvalue weighted by Gasteiger charge is 2.25. The van der Waals surface area contributed by atoms with Crippen LogP contribution in [0.5, 0.6) is 0 Å². The van der Waals surface area contributed by atoms with E-state index in [1.54, 1.807) is 18.2 Å². The van der Waals surface area contributed by atoms with Crippen molar-refractivity contribution in [2.75, 3.05) is 14.1 Å². The number of sulfonamides is 1. The molecule has 0 aliphatic heterocycles. The van der Waals surface area contributed by atoms with E-state index in [-0.39, 0.29) is 10.5 Å². The minimum absolute atomic E-state index is 0.0283. The van der Waals surface area contributed by atoms with Crippen LogP contribution in [0, 0.1) is 5.92 Å². The number of nitrogens with zero attached hydrogens (tertiary/aromatic N) is 4. The second-order valence-electron chi connectivity index (χ2n) is 9.57. The molecule has 5 aromatic rings. The van der Waals surface area contributed by atoms with Crippen LogP contribution in [0.1, 0.15) is 12.8 Å². The van der Waals surface area contributed by atoms with E-state index >= 15 is 0 Å². The molecule has 3 aromatic carbocycles. The Labute approximate surface area is 209 Å². The third kappa shape index (κ3) is 3.83. The summed E-state index contributed by atoms with van der Waals surface area (Å²) in [5, 5.41) is 5.50. The molecule has 0 radical (unpaired) electrons. The van der Waals surface area contributed by atoms with E-state index < -0.39 is 10.0 Å². The Hall–Kier alpha value is -3.75. The summed E-state index contributed by atoms with van der Waals surface area (Å²) in [6.45, 7) is 0.685. The zero-order valence-electron chi connectivity index (χ0n) is 20.1. The first kappa shape index (κ1) is 22.7. The fourth-order valence-electron chi connectivity index (χ4n) is 4.59. The molecular formula is C28H26N4O3S. The van der Waals surface area contributed by atoms with Crippen LogP contribution in [0.3, 0.4) is 0 Å². The van der Waals surface area contributed by atoms with Gasteiger partial charge >= 0.3 is 0 Å². The van der Waals surface area contributed by atoms with Crippen LogP contribution in [0.2, 0.25) is 0 Å². The molecule has 8 heteroatoms. The normalized spacial score (nSPS) is 14.2. The van der Waals surface area contributed by atoms with Crippen molar-refractivity contribution in [1.82, 2.24) is 18.5 Å². The van der Waals surface area contributed by atoms with Crippen molar-refractivity contribution in [3.05, 3.63) is 89.2 Å². The van der Waals surface area contributed by atoms with Crippen LogP contribution in [-0.2, 0) is 16.6 Å². The second-order valence-corrected chi connectivity index (χ2v) is 11.7. The molecule has 0 unspecified atom stereocenters. The summed E-state index contributed by atoms with van der Waals surface area (Å²) in [4.78, 5) is 13.8. The minimum Gasteiger partial charge on any atom is -0.292 e. The van der Waals surface area contributed by atoms with Crippen molar-refractivity contribution in [3.8, 4) is 22.4 Å². The largest absolute Gasteiger partial charge is 0.292 e. The molecule has 36 heavy (non-hydrogen) atoms. The predicted octanol–water partition coefficient (Wildman–Crippen LogP) is 4.64. The average Bonchev–Trinajstić information content (AvgIpc) is 3.61. The van der Waals surface area contributed by atoms with Crippen LogP contribution >= 0.6 is 0 Å². The third-order valence-electron chi connectivity index (χ3n) is 6.82. The Morgan fingerprint density at radius 1 is 0.889 bits per heavy atom. The molecule has 2 heterocycles. The van der Waals surface area contributed by atoms with E-state index in [0.717, 1.165) is 40.9 Å². The molecular weight excluding hydrogens is 472 g/mol. The number of benzene rings is 3. The summed E-state index contributed by atoms with van der Waals surface area (Å²) in [6.07, 6.45) is 2.28. The van der Waals surface area contributed by atoms with Crippen molar-refractivity contribution in [2.45, 2.75) is 24.3 Å². The number of fused-ring (bicyclic) bond motifs is 3. The molecule has 0 spiro atoms. The number of hydrogen-bond acceptors (Lipinski definition) is 4. The molecule has 1 fully saturated rings. The fourth-order valence-corrected chi connectivity index (χ4v) is 5.54. The van der Waals surface area contributed by atoms with Gasteiger partial charge in [0.05, 0.1) is 21.5 Å². The molecule has 2 aromatic heterocycles. The van der Waals surface area contributed by atoms with Gasteiger partial charge < -0.3 is 0 Å². The molecule has 1 aliphatic carbocycles. The average molecular weight is 499 g/mol. The number of rotatable bonds is 6. The minimum atomic E-state index is -3.57. The van der Waals surface area contributed by atoms with Crippen molar-refractivity contribution in [3.63, 3.8) is 0 Å². The highest BCUT2D eigenvalue weighted by molar-refractivity contribution is 7.89. The zero-order chi connectivity index (χ0) is 25.0. The van der Waals surface area contributed by atoms with Gasteiger partial charge in [0.1, 0.15) is 5.65 Å². The van der Waals surface area contributed by atoms with E-state index in [1.165, 1.54) is 18.4 Å². The topological polar surface area (TPSA) is 76.7 Å². The van der Waals surface area contributed by atoms with Crippen molar-refractivity contribution in [2.24, 2.45) is 5.92 Å². The van der Waals surface area contributed by atoms with E-state index in [4.69, 9.17) is 5.10 Å². The Morgan fingerprint density at radius 3 is 2.33 bits per heavy atom. The number of hydrogen-bond donors (Lipinski definition) is 0. The first-order valence-corrected chi connectivity index (χ1v) is 13.4. The summed E-state index contributed by atoms with van der Waals surface area (Å²) >= 11 is 0. The maximum absolute atomic E-state index is 13.6. The van der Waals surface area contributed by atoms with Gasteiger partial charge in [-0.1, -0.05) is 48.5 Å². The lowest BCUT2D eigenvalue weighted by Crippen LogP contribution is -2.23. The van der Waals surface area contributed by atoms with E-state index in [1.807, 2.05) is 69.7 Å².